The maximum absolute atomic E-state index is 12.8. The molecule has 0 amide bonds. The zero-order valence-electron chi connectivity index (χ0n) is 11.7. The zero-order valence-corrected chi connectivity index (χ0v) is 11.7. The van der Waals surface area contributed by atoms with E-state index in [-0.39, 0.29) is 12.1 Å². The number of nitrogen functional groups attached to an aromatic ring is 2. The van der Waals surface area contributed by atoms with Crippen molar-refractivity contribution >= 4 is 11.4 Å². The van der Waals surface area contributed by atoms with Crippen LogP contribution in [0, 0.1) is 0 Å². The normalized spacial score (nSPS) is 16.6. The molecule has 25 heavy (non-hydrogen) atoms. The number of rotatable bonds is 2. The maximum atomic E-state index is 12.8. The Morgan fingerprint density at radius 1 is 0.640 bits per heavy atom. The molecular weight excluding hydrogens is 377 g/mol. The van der Waals surface area contributed by atoms with Gasteiger partial charge in [0, 0.05) is 22.5 Å². The summed E-state index contributed by atoms with van der Waals surface area (Å²) in [6.07, 6.45) is -18.3. The topological polar surface area (TPSA) is 119 Å². The predicted molar refractivity (Wildman–Crippen MR) is 65.4 cm³/mol. The minimum Gasteiger partial charge on any atom is -0.398 e. The standard InChI is InChI=1S/C11H10F9N3O2/c12-9(13,14)7(24,10(15,16)17)3-1-6(22)4(2-5(3)21)8(23,25)11(18,19)20/h1-2,24-25H,21-23H2. The lowest BCUT2D eigenvalue weighted by Gasteiger charge is -2.35. The molecule has 0 heterocycles. The van der Waals surface area contributed by atoms with E-state index in [9.17, 15) is 49.7 Å². The van der Waals surface area contributed by atoms with E-state index < -0.39 is 52.4 Å². The van der Waals surface area contributed by atoms with Gasteiger partial charge in [-0.05, 0) is 12.1 Å². The van der Waals surface area contributed by atoms with E-state index in [2.05, 4.69) is 5.73 Å². The van der Waals surface area contributed by atoms with Crippen LogP contribution in [-0.2, 0) is 11.3 Å². The highest BCUT2D eigenvalue weighted by Crippen LogP contribution is 2.52. The van der Waals surface area contributed by atoms with Gasteiger partial charge in [0.2, 0.25) is 5.72 Å². The molecule has 0 saturated heterocycles. The average molecular weight is 387 g/mol. The second kappa shape index (κ2) is 5.54. The van der Waals surface area contributed by atoms with Gasteiger partial charge in [-0.3, -0.25) is 5.73 Å². The van der Waals surface area contributed by atoms with Crippen molar-refractivity contribution in [3.8, 4) is 0 Å². The Morgan fingerprint density at radius 2 is 0.960 bits per heavy atom. The van der Waals surface area contributed by atoms with Gasteiger partial charge in [-0.25, -0.2) is 0 Å². The molecule has 0 aromatic heterocycles. The van der Waals surface area contributed by atoms with Gasteiger partial charge >= 0.3 is 18.5 Å². The quantitative estimate of drug-likeness (QED) is 0.302. The summed E-state index contributed by atoms with van der Waals surface area (Å²) >= 11 is 0. The fourth-order valence-corrected chi connectivity index (χ4v) is 1.90. The Kier molecular flexibility index (Phi) is 4.68. The minimum atomic E-state index is -6.34. The molecule has 1 unspecified atom stereocenters. The molecule has 0 saturated carbocycles. The Hall–Kier alpha value is -1.93. The second-order valence-electron chi connectivity index (χ2n) is 5.00. The molecule has 1 rings (SSSR count). The monoisotopic (exact) mass is 387 g/mol. The molecule has 1 atom stereocenters. The molecule has 14 heteroatoms. The van der Waals surface area contributed by atoms with Gasteiger partial charge in [0.1, 0.15) is 0 Å². The lowest BCUT2D eigenvalue weighted by molar-refractivity contribution is -0.376. The number of benzene rings is 1. The molecule has 5 nitrogen and oxygen atoms in total. The second-order valence-corrected chi connectivity index (χ2v) is 5.00. The Balaban J connectivity index is 3.76. The molecule has 0 radical (unpaired) electrons. The first kappa shape index (κ1) is 21.1. The smallest absolute Gasteiger partial charge is 0.398 e. The van der Waals surface area contributed by atoms with Crippen LogP contribution in [0.25, 0.3) is 0 Å². The van der Waals surface area contributed by atoms with Crippen LogP contribution < -0.4 is 17.2 Å². The third-order valence-electron chi connectivity index (χ3n) is 3.27. The molecule has 144 valence electrons. The lowest BCUT2D eigenvalue weighted by Crippen LogP contribution is -2.54. The van der Waals surface area contributed by atoms with Crippen LogP contribution in [0.15, 0.2) is 12.1 Å². The molecule has 0 fully saturated rings. The number of alkyl halides is 9. The van der Waals surface area contributed by atoms with Crippen molar-refractivity contribution in [2.45, 2.75) is 29.9 Å². The van der Waals surface area contributed by atoms with Crippen molar-refractivity contribution in [3.05, 3.63) is 23.3 Å². The number of hydrogen-bond acceptors (Lipinski definition) is 5. The van der Waals surface area contributed by atoms with Crippen molar-refractivity contribution in [1.82, 2.24) is 0 Å². The number of nitrogens with two attached hydrogens (primary N) is 3. The first-order chi connectivity index (χ1) is 10.8. The van der Waals surface area contributed by atoms with Crippen LogP contribution >= 0.6 is 0 Å². The lowest BCUT2D eigenvalue weighted by atomic mass is 9.87. The molecule has 1 aromatic carbocycles. The summed E-state index contributed by atoms with van der Waals surface area (Å²) in [7, 11) is 0. The van der Waals surface area contributed by atoms with Crippen LogP contribution in [0.4, 0.5) is 50.9 Å². The van der Waals surface area contributed by atoms with E-state index in [1.165, 1.54) is 0 Å². The summed E-state index contributed by atoms with van der Waals surface area (Å²) < 4.78 is 115. The third kappa shape index (κ3) is 3.16. The Labute approximate surface area is 132 Å². The Morgan fingerprint density at radius 3 is 1.28 bits per heavy atom. The average Bonchev–Trinajstić information content (AvgIpc) is 2.35. The highest BCUT2D eigenvalue weighted by Gasteiger charge is 2.72. The summed E-state index contributed by atoms with van der Waals surface area (Å²) in [5.41, 5.74) is -1.68. The molecule has 0 spiro atoms. The van der Waals surface area contributed by atoms with Crippen molar-refractivity contribution in [1.29, 1.82) is 0 Å². The van der Waals surface area contributed by atoms with E-state index >= 15 is 0 Å². The van der Waals surface area contributed by atoms with Crippen LogP contribution in [0.1, 0.15) is 11.1 Å². The summed E-state index contributed by atoms with van der Waals surface area (Å²) in [6.45, 7) is 0. The van der Waals surface area contributed by atoms with Crippen LogP contribution in [0.2, 0.25) is 0 Å². The van der Waals surface area contributed by atoms with E-state index in [0.29, 0.717) is 0 Å². The summed E-state index contributed by atoms with van der Waals surface area (Å²) in [5, 5.41) is 18.5. The van der Waals surface area contributed by atoms with Gasteiger partial charge in [-0.2, -0.15) is 39.5 Å². The van der Waals surface area contributed by atoms with Crippen molar-refractivity contribution < 1.29 is 49.7 Å². The summed E-state index contributed by atoms with van der Waals surface area (Å²) in [5.74, 6) is 0. The first-order valence-electron chi connectivity index (χ1n) is 5.92. The van der Waals surface area contributed by atoms with Crippen LogP contribution in [-0.4, -0.2) is 28.7 Å². The van der Waals surface area contributed by atoms with Gasteiger partial charge in [0.05, 0.1) is 0 Å². The SMILES string of the molecule is Nc1cc(C(O)(C(F)(F)F)C(F)(F)F)c(N)cc1C(N)(O)C(F)(F)F. The fourth-order valence-electron chi connectivity index (χ4n) is 1.90. The largest absolute Gasteiger partial charge is 0.435 e. The van der Waals surface area contributed by atoms with E-state index in [4.69, 9.17) is 11.5 Å². The number of aliphatic hydroxyl groups is 2. The van der Waals surface area contributed by atoms with Crippen LogP contribution in [0.3, 0.4) is 0 Å². The molecule has 8 N–H and O–H groups in total. The highest BCUT2D eigenvalue weighted by molar-refractivity contribution is 5.64. The zero-order chi connectivity index (χ0) is 20.2. The Bertz CT molecular complexity index is 650. The highest BCUT2D eigenvalue weighted by atomic mass is 19.4. The molecule has 1 aromatic rings. The first-order valence-corrected chi connectivity index (χ1v) is 5.92. The molecule has 0 aliphatic carbocycles. The molecule has 0 bridgehead atoms. The van der Waals surface area contributed by atoms with Crippen LogP contribution in [0.5, 0.6) is 0 Å². The van der Waals surface area contributed by atoms with Crippen molar-refractivity contribution in [3.63, 3.8) is 0 Å². The van der Waals surface area contributed by atoms with Gasteiger partial charge in [-0.1, -0.05) is 0 Å². The van der Waals surface area contributed by atoms with E-state index in [1.807, 2.05) is 0 Å². The molecule has 0 aliphatic heterocycles. The third-order valence-corrected chi connectivity index (χ3v) is 3.27. The molecule has 0 aliphatic rings. The van der Waals surface area contributed by atoms with E-state index in [1.54, 1.807) is 0 Å². The fraction of sp³-hybridized carbons (Fsp3) is 0.455. The number of hydrogen-bond donors (Lipinski definition) is 5. The maximum Gasteiger partial charge on any atom is 0.435 e. The summed E-state index contributed by atoms with van der Waals surface area (Å²) in [6, 6.07) is -0.407. The number of anilines is 2. The summed E-state index contributed by atoms with van der Waals surface area (Å²) in [4.78, 5) is 0. The minimum absolute atomic E-state index is 0.124. The van der Waals surface area contributed by atoms with Gasteiger partial charge in [0.15, 0.2) is 0 Å². The van der Waals surface area contributed by atoms with E-state index in [0.717, 1.165) is 0 Å². The molecular formula is C11H10F9N3O2. The van der Waals surface area contributed by atoms with Crippen molar-refractivity contribution in [2.75, 3.05) is 11.5 Å². The number of halogens is 9. The predicted octanol–water partition coefficient (Wildman–Crippen LogP) is 1.83. The van der Waals surface area contributed by atoms with Gasteiger partial charge in [-0.15, -0.1) is 0 Å². The van der Waals surface area contributed by atoms with Crippen molar-refractivity contribution in [2.24, 2.45) is 5.73 Å². The van der Waals surface area contributed by atoms with Gasteiger partial charge in [0.25, 0.3) is 5.60 Å². The van der Waals surface area contributed by atoms with Gasteiger partial charge < -0.3 is 21.7 Å².